The van der Waals surface area contributed by atoms with E-state index in [9.17, 15) is 17.6 Å². The number of amides is 1. The van der Waals surface area contributed by atoms with Crippen LogP contribution in [-0.2, 0) is 14.8 Å². The average molecular weight is 402 g/mol. The van der Waals surface area contributed by atoms with Gasteiger partial charge in [0.1, 0.15) is 5.82 Å². The number of anilines is 1. The lowest BCUT2D eigenvalue weighted by Crippen LogP contribution is -2.23. The Balaban J connectivity index is 2.29. The predicted octanol–water partition coefficient (Wildman–Crippen LogP) is 2.26. The van der Waals surface area contributed by atoms with Crippen LogP contribution in [0.5, 0.6) is 0 Å². The molecule has 146 valence electrons. The Morgan fingerprint density at radius 3 is 2.46 bits per heavy atom. The molecule has 3 rings (SSSR count). The zero-order valence-corrected chi connectivity index (χ0v) is 16.1. The van der Waals surface area contributed by atoms with Crippen molar-refractivity contribution in [2.24, 2.45) is 5.73 Å². The molecule has 0 fully saturated rings. The van der Waals surface area contributed by atoms with Gasteiger partial charge in [0.25, 0.3) is 0 Å². The molecule has 0 atom stereocenters. The molecule has 0 aliphatic heterocycles. The fourth-order valence-electron chi connectivity index (χ4n) is 2.85. The van der Waals surface area contributed by atoms with Crippen LogP contribution in [0.3, 0.4) is 0 Å². The van der Waals surface area contributed by atoms with E-state index < -0.39 is 27.0 Å². The molecule has 1 heterocycles. The SMILES string of the molecule is CC(C)S(=O)(=O)n1c(N)nc2ccc(C(=CC(N)=O)c3cccc(F)c3)cc21. The van der Waals surface area contributed by atoms with E-state index in [-0.39, 0.29) is 11.5 Å². The van der Waals surface area contributed by atoms with Crippen molar-refractivity contribution in [2.45, 2.75) is 19.1 Å². The van der Waals surface area contributed by atoms with Crippen molar-refractivity contribution in [1.29, 1.82) is 0 Å². The number of rotatable bonds is 5. The van der Waals surface area contributed by atoms with Crippen LogP contribution in [0.25, 0.3) is 16.6 Å². The molecule has 1 aromatic heterocycles. The van der Waals surface area contributed by atoms with Crippen molar-refractivity contribution in [1.82, 2.24) is 8.96 Å². The predicted molar refractivity (Wildman–Crippen MR) is 106 cm³/mol. The number of primary amides is 1. The average Bonchev–Trinajstić information content (AvgIpc) is 2.94. The van der Waals surface area contributed by atoms with Crippen molar-refractivity contribution in [3.8, 4) is 0 Å². The third-order valence-corrected chi connectivity index (χ3v) is 6.30. The van der Waals surface area contributed by atoms with Gasteiger partial charge >= 0.3 is 0 Å². The van der Waals surface area contributed by atoms with Crippen molar-refractivity contribution < 1.29 is 17.6 Å². The number of carbonyl (C=O) groups is 1. The first kappa shape index (κ1) is 19.6. The van der Waals surface area contributed by atoms with Gasteiger partial charge < -0.3 is 11.5 Å². The Morgan fingerprint density at radius 2 is 1.86 bits per heavy atom. The molecule has 0 unspecified atom stereocenters. The maximum Gasteiger partial charge on any atom is 0.244 e. The number of nitrogens with zero attached hydrogens (tertiary/aromatic N) is 2. The molecule has 9 heteroatoms. The Kier molecular flexibility index (Phi) is 4.95. The minimum Gasteiger partial charge on any atom is -0.368 e. The van der Waals surface area contributed by atoms with E-state index in [0.717, 1.165) is 10.0 Å². The summed E-state index contributed by atoms with van der Waals surface area (Å²) in [5.74, 6) is -1.36. The zero-order valence-electron chi connectivity index (χ0n) is 15.3. The molecular weight excluding hydrogens is 383 g/mol. The number of benzene rings is 2. The summed E-state index contributed by atoms with van der Waals surface area (Å²) in [6, 6.07) is 10.4. The topological polar surface area (TPSA) is 121 Å². The first-order chi connectivity index (χ1) is 13.1. The summed E-state index contributed by atoms with van der Waals surface area (Å²) < 4.78 is 40.1. The molecule has 0 aliphatic rings. The molecule has 1 amide bonds. The lowest BCUT2D eigenvalue weighted by molar-refractivity contribution is -0.113. The molecule has 0 saturated heterocycles. The highest BCUT2D eigenvalue weighted by molar-refractivity contribution is 7.90. The summed E-state index contributed by atoms with van der Waals surface area (Å²) in [4.78, 5) is 15.6. The summed E-state index contributed by atoms with van der Waals surface area (Å²) in [5.41, 5.74) is 13.0. The Morgan fingerprint density at radius 1 is 1.18 bits per heavy atom. The van der Waals surface area contributed by atoms with Gasteiger partial charge in [0.15, 0.2) is 0 Å². The second kappa shape index (κ2) is 7.08. The van der Waals surface area contributed by atoms with Gasteiger partial charge in [0.05, 0.1) is 16.3 Å². The van der Waals surface area contributed by atoms with Gasteiger partial charge in [0.2, 0.25) is 21.9 Å². The summed E-state index contributed by atoms with van der Waals surface area (Å²) in [5, 5.41) is -0.722. The van der Waals surface area contributed by atoms with Gasteiger partial charge in [-0.3, -0.25) is 4.79 Å². The van der Waals surface area contributed by atoms with Crippen LogP contribution in [0.15, 0.2) is 48.5 Å². The number of hydrogen-bond acceptors (Lipinski definition) is 5. The molecule has 0 radical (unpaired) electrons. The lowest BCUT2D eigenvalue weighted by Gasteiger charge is -2.12. The van der Waals surface area contributed by atoms with E-state index >= 15 is 0 Å². The van der Waals surface area contributed by atoms with Crippen LogP contribution in [0.2, 0.25) is 0 Å². The fourth-order valence-corrected chi connectivity index (χ4v) is 3.99. The van der Waals surface area contributed by atoms with E-state index in [1.807, 2.05) is 0 Å². The molecule has 2 aromatic carbocycles. The van der Waals surface area contributed by atoms with E-state index in [1.54, 1.807) is 18.2 Å². The number of nitrogens with two attached hydrogens (primary N) is 2. The molecule has 0 aliphatic carbocycles. The van der Waals surface area contributed by atoms with E-state index in [1.165, 1.54) is 38.1 Å². The molecule has 28 heavy (non-hydrogen) atoms. The normalized spacial score (nSPS) is 12.6. The molecule has 4 N–H and O–H groups in total. The van der Waals surface area contributed by atoms with Crippen molar-refractivity contribution >= 4 is 38.5 Å². The highest BCUT2D eigenvalue weighted by Crippen LogP contribution is 2.29. The van der Waals surface area contributed by atoms with Crippen LogP contribution in [0.1, 0.15) is 25.0 Å². The monoisotopic (exact) mass is 402 g/mol. The second-order valence-electron chi connectivity index (χ2n) is 6.50. The zero-order chi connectivity index (χ0) is 20.6. The van der Waals surface area contributed by atoms with E-state index in [0.29, 0.717) is 22.2 Å². The maximum atomic E-state index is 13.7. The molecule has 0 saturated carbocycles. The standard InChI is InChI=1S/C19H19FN4O3S/c1-11(2)28(26,27)24-17-9-13(6-7-16(17)23-19(24)22)15(10-18(21)25)12-4-3-5-14(20)8-12/h3-11H,1-2H3,(H2,21,25)(H2,22,23). The Labute approximate surface area is 161 Å². The third kappa shape index (κ3) is 3.48. The van der Waals surface area contributed by atoms with Gasteiger partial charge in [-0.25, -0.2) is 21.8 Å². The fraction of sp³-hybridized carbons (Fsp3) is 0.158. The summed E-state index contributed by atoms with van der Waals surface area (Å²) in [6.07, 6.45) is 1.16. The third-order valence-electron chi connectivity index (χ3n) is 4.22. The molecule has 0 spiro atoms. The number of fused-ring (bicyclic) bond motifs is 1. The quantitative estimate of drug-likeness (QED) is 0.634. The van der Waals surface area contributed by atoms with Crippen LogP contribution in [-0.4, -0.2) is 28.5 Å². The Bertz CT molecular complexity index is 1210. The largest absolute Gasteiger partial charge is 0.368 e. The van der Waals surface area contributed by atoms with Gasteiger partial charge in [-0.2, -0.15) is 0 Å². The number of aromatic nitrogens is 2. The number of nitrogen functional groups attached to an aromatic ring is 1. The first-order valence-corrected chi connectivity index (χ1v) is 9.91. The Hall–Kier alpha value is -3.20. The molecule has 7 nitrogen and oxygen atoms in total. The first-order valence-electron chi connectivity index (χ1n) is 8.41. The van der Waals surface area contributed by atoms with Gasteiger partial charge in [-0.1, -0.05) is 18.2 Å². The number of hydrogen-bond donors (Lipinski definition) is 2. The smallest absolute Gasteiger partial charge is 0.244 e. The van der Waals surface area contributed by atoms with Crippen LogP contribution in [0, 0.1) is 5.82 Å². The number of halogens is 1. The van der Waals surface area contributed by atoms with Crippen LogP contribution < -0.4 is 11.5 Å². The van der Waals surface area contributed by atoms with Crippen molar-refractivity contribution in [2.75, 3.05) is 5.73 Å². The molecule has 0 bridgehead atoms. The number of carbonyl (C=O) groups excluding carboxylic acids is 1. The molecule has 3 aromatic rings. The number of imidazole rings is 1. The van der Waals surface area contributed by atoms with E-state index in [4.69, 9.17) is 11.5 Å². The van der Waals surface area contributed by atoms with Crippen molar-refractivity contribution in [3.05, 3.63) is 65.5 Å². The lowest BCUT2D eigenvalue weighted by atomic mass is 9.97. The van der Waals surface area contributed by atoms with Crippen LogP contribution >= 0.6 is 0 Å². The minimum atomic E-state index is -3.77. The second-order valence-corrected chi connectivity index (χ2v) is 8.84. The highest BCUT2D eigenvalue weighted by Gasteiger charge is 2.25. The van der Waals surface area contributed by atoms with Crippen LogP contribution in [0.4, 0.5) is 10.3 Å². The van der Waals surface area contributed by atoms with Gasteiger partial charge in [-0.15, -0.1) is 0 Å². The van der Waals surface area contributed by atoms with Crippen molar-refractivity contribution in [3.63, 3.8) is 0 Å². The summed E-state index contributed by atoms with van der Waals surface area (Å²) in [7, 11) is -3.77. The highest BCUT2D eigenvalue weighted by atomic mass is 32.2. The molecular formula is C19H19FN4O3S. The van der Waals surface area contributed by atoms with Gasteiger partial charge in [0, 0.05) is 6.08 Å². The summed E-state index contributed by atoms with van der Waals surface area (Å²) in [6.45, 7) is 3.07. The maximum absolute atomic E-state index is 13.7. The minimum absolute atomic E-state index is 0.160. The van der Waals surface area contributed by atoms with E-state index in [2.05, 4.69) is 4.98 Å². The summed E-state index contributed by atoms with van der Waals surface area (Å²) >= 11 is 0. The van der Waals surface area contributed by atoms with Gasteiger partial charge in [-0.05, 0) is 54.8 Å².